The maximum absolute atomic E-state index is 14.7. The van der Waals surface area contributed by atoms with Crippen molar-refractivity contribution in [2.45, 2.75) is 12.5 Å². The average Bonchev–Trinajstić information content (AvgIpc) is 3.36. The molecule has 6 rings (SSSR count). The molecule has 0 unspecified atom stereocenters. The molecule has 10 heteroatoms. The number of nitrogens with one attached hydrogen (secondary N) is 1. The summed E-state index contributed by atoms with van der Waals surface area (Å²) in [7, 11) is 0. The minimum Gasteiger partial charge on any atom is -0.490 e. The van der Waals surface area contributed by atoms with Gasteiger partial charge >= 0.3 is 5.69 Å². The zero-order valence-corrected chi connectivity index (χ0v) is 15.9. The summed E-state index contributed by atoms with van der Waals surface area (Å²) < 4.78 is 37.3. The van der Waals surface area contributed by atoms with Gasteiger partial charge in [-0.1, -0.05) is 12.1 Å². The number of ether oxygens (including phenoxy) is 1. The third-order valence-electron chi connectivity index (χ3n) is 5.49. The van der Waals surface area contributed by atoms with Gasteiger partial charge in [-0.3, -0.25) is 9.13 Å². The molecule has 4 heterocycles. The summed E-state index contributed by atoms with van der Waals surface area (Å²) in [5.74, 6) is -1.18. The molecular formula is C21H14F2N6O2. The molecule has 0 amide bonds. The number of imidazole rings is 2. The largest absolute Gasteiger partial charge is 0.490 e. The number of hydrogen-bond donors (Lipinski definition) is 1. The van der Waals surface area contributed by atoms with E-state index in [-0.39, 0.29) is 30.0 Å². The summed E-state index contributed by atoms with van der Waals surface area (Å²) in [4.78, 5) is 28.8. The Morgan fingerprint density at radius 3 is 2.84 bits per heavy atom. The molecule has 1 aliphatic rings. The highest BCUT2D eigenvalue weighted by atomic mass is 19.1. The third-order valence-corrected chi connectivity index (χ3v) is 5.49. The van der Waals surface area contributed by atoms with Gasteiger partial charge in [0.05, 0.1) is 35.4 Å². The molecule has 1 atom stereocenters. The van der Waals surface area contributed by atoms with Gasteiger partial charge in [-0.15, -0.1) is 0 Å². The molecule has 2 aromatic carbocycles. The van der Waals surface area contributed by atoms with Gasteiger partial charge in [-0.05, 0) is 24.3 Å². The lowest BCUT2D eigenvalue weighted by Crippen LogP contribution is -2.29. The van der Waals surface area contributed by atoms with E-state index in [1.807, 2.05) is 24.3 Å². The molecule has 31 heavy (non-hydrogen) atoms. The van der Waals surface area contributed by atoms with Gasteiger partial charge in [0.15, 0.2) is 17.2 Å². The fraction of sp³-hybridized carbons (Fsp3) is 0.143. The number of H-pyrrole nitrogens is 1. The van der Waals surface area contributed by atoms with E-state index in [4.69, 9.17) is 4.74 Å². The van der Waals surface area contributed by atoms with E-state index >= 15 is 0 Å². The van der Waals surface area contributed by atoms with Crippen LogP contribution in [-0.2, 0) is 0 Å². The number of fused-ring (bicyclic) bond motifs is 3. The molecule has 3 aromatic heterocycles. The molecule has 8 nitrogen and oxygen atoms in total. The van der Waals surface area contributed by atoms with Crippen molar-refractivity contribution in [1.29, 1.82) is 0 Å². The Hall–Kier alpha value is -4.08. The van der Waals surface area contributed by atoms with E-state index in [1.54, 1.807) is 10.9 Å². The lowest BCUT2D eigenvalue weighted by molar-refractivity contribution is 0.238. The highest BCUT2D eigenvalue weighted by Crippen LogP contribution is 2.38. The standard InChI is InChI=1S/C21H14F2N6O2/c22-11-5-6-12(23)18-17(11)16(7-8-31-18)29-19-14(26-21(29)30)9-24-20(27-19)28-10-25-13-3-1-2-4-15(13)28/h1-6,9-10,16H,7-8H2,(H,26,30)/t16-/m1/s1. The Labute approximate surface area is 172 Å². The first-order valence-corrected chi connectivity index (χ1v) is 9.62. The summed E-state index contributed by atoms with van der Waals surface area (Å²) in [5, 5.41) is 0. The second-order valence-electron chi connectivity index (χ2n) is 7.24. The highest BCUT2D eigenvalue weighted by molar-refractivity contribution is 5.77. The summed E-state index contributed by atoms with van der Waals surface area (Å²) in [6.07, 6.45) is 3.37. The number of benzene rings is 2. The molecule has 0 saturated carbocycles. The maximum Gasteiger partial charge on any atom is 0.328 e. The number of rotatable bonds is 2. The van der Waals surface area contributed by atoms with Crippen molar-refractivity contribution in [1.82, 2.24) is 29.1 Å². The number of halogens is 2. The second kappa shape index (κ2) is 6.46. The van der Waals surface area contributed by atoms with Crippen LogP contribution in [0.4, 0.5) is 8.78 Å². The van der Waals surface area contributed by atoms with Crippen LogP contribution in [0.5, 0.6) is 5.75 Å². The first-order chi connectivity index (χ1) is 15.1. The zero-order valence-electron chi connectivity index (χ0n) is 15.9. The van der Waals surface area contributed by atoms with Crippen molar-refractivity contribution in [2.75, 3.05) is 6.61 Å². The summed E-state index contributed by atoms with van der Waals surface area (Å²) in [6.45, 7) is 0.140. The normalized spacial score (nSPS) is 15.9. The Morgan fingerprint density at radius 1 is 1.10 bits per heavy atom. The van der Waals surface area contributed by atoms with E-state index < -0.39 is 23.4 Å². The lowest BCUT2D eigenvalue weighted by Gasteiger charge is -2.27. The smallest absolute Gasteiger partial charge is 0.328 e. The van der Waals surface area contributed by atoms with Crippen molar-refractivity contribution in [3.05, 3.63) is 76.6 Å². The first kappa shape index (κ1) is 17.8. The van der Waals surface area contributed by atoms with Gasteiger partial charge in [0, 0.05) is 6.42 Å². The van der Waals surface area contributed by atoms with Crippen LogP contribution in [0.25, 0.3) is 28.1 Å². The van der Waals surface area contributed by atoms with Crippen molar-refractivity contribution >= 4 is 22.2 Å². The fourth-order valence-electron chi connectivity index (χ4n) is 4.11. The average molecular weight is 420 g/mol. The van der Waals surface area contributed by atoms with Crippen LogP contribution in [-0.4, -0.2) is 35.7 Å². The van der Waals surface area contributed by atoms with Crippen LogP contribution in [0.1, 0.15) is 18.0 Å². The van der Waals surface area contributed by atoms with Crippen molar-refractivity contribution in [3.63, 3.8) is 0 Å². The number of nitrogens with zero attached hydrogens (tertiary/aromatic N) is 5. The van der Waals surface area contributed by atoms with Gasteiger partial charge in [-0.25, -0.2) is 23.5 Å². The SMILES string of the molecule is O=c1[nH]c2cnc(-n3cnc4ccccc43)nc2n1[C@@H]1CCOc2c(F)ccc(F)c21. The minimum absolute atomic E-state index is 0.00231. The van der Waals surface area contributed by atoms with Crippen molar-refractivity contribution in [2.24, 2.45) is 0 Å². The molecule has 0 spiro atoms. The number of para-hydroxylation sites is 2. The highest BCUT2D eigenvalue weighted by Gasteiger charge is 2.32. The fourth-order valence-corrected chi connectivity index (χ4v) is 4.11. The van der Waals surface area contributed by atoms with E-state index in [0.717, 1.165) is 23.2 Å². The predicted molar refractivity (Wildman–Crippen MR) is 107 cm³/mol. The molecule has 0 aliphatic carbocycles. The first-order valence-electron chi connectivity index (χ1n) is 9.62. The molecule has 0 fully saturated rings. The molecule has 0 radical (unpaired) electrons. The van der Waals surface area contributed by atoms with Crippen LogP contribution >= 0.6 is 0 Å². The predicted octanol–water partition coefficient (Wildman–Crippen LogP) is 3.11. The number of hydrogen-bond acceptors (Lipinski definition) is 5. The van der Waals surface area contributed by atoms with E-state index in [2.05, 4.69) is 19.9 Å². The molecular weight excluding hydrogens is 406 g/mol. The zero-order chi connectivity index (χ0) is 21.1. The molecule has 154 valence electrons. The van der Waals surface area contributed by atoms with E-state index in [9.17, 15) is 13.6 Å². The van der Waals surface area contributed by atoms with Gasteiger partial charge in [0.2, 0.25) is 5.95 Å². The second-order valence-corrected chi connectivity index (χ2v) is 7.24. The Balaban J connectivity index is 1.58. The Morgan fingerprint density at radius 2 is 1.94 bits per heavy atom. The molecule has 0 saturated heterocycles. The quantitative estimate of drug-likeness (QED) is 0.474. The summed E-state index contributed by atoms with van der Waals surface area (Å²) in [6, 6.07) is 8.78. The van der Waals surface area contributed by atoms with Crippen LogP contribution < -0.4 is 10.4 Å². The maximum atomic E-state index is 14.7. The summed E-state index contributed by atoms with van der Waals surface area (Å²) >= 11 is 0. The summed E-state index contributed by atoms with van der Waals surface area (Å²) in [5.41, 5.74) is 1.77. The topological polar surface area (TPSA) is 90.6 Å². The van der Waals surface area contributed by atoms with Crippen molar-refractivity contribution in [3.8, 4) is 11.7 Å². The minimum atomic E-state index is -0.775. The van der Waals surface area contributed by atoms with Gasteiger partial charge < -0.3 is 9.72 Å². The van der Waals surface area contributed by atoms with Crippen LogP contribution in [0.2, 0.25) is 0 Å². The lowest BCUT2D eigenvalue weighted by atomic mass is 9.99. The number of aromatic amines is 1. The van der Waals surface area contributed by atoms with Gasteiger partial charge in [0.25, 0.3) is 0 Å². The van der Waals surface area contributed by atoms with Crippen LogP contribution in [0.3, 0.4) is 0 Å². The molecule has 1 N–H and O–H groups in total. The van der Waals surface area contributed by atoms with Gasteiger partial charge in [0.1, 0.15) is 17.7 Å². The third kappa shape index (κ3) is 2.57. The van der Waals surface area contributed by atoms with Crippen LogP contribution in [0.15, 0.2) is 53.7 Å². The van der Waals surface area contributed by atoms with Crippen LogP contribution in [0, 0.1) is 11.6 Å². The van der Waals surface area contributed by atoms with E-state index in [0.29, 0.717) is 11.5 Å². The van der Waals surface area contributed by atoms with Crippen molar-refractivity contribution < 1.29 is 13.5 Å². The van der Waals surface area contributed by atoms with E-state index in [1.165, 1.54) is 10.8 Å². The molecule has 1 aliphatic heterocycles. The number of aromatic nitrogens is 6. The van der Waals surface area contributed by atoms with Gasteiger partial charge in [-0.2, -0.15) is 4.98 Å². The molecule has 0 bridgehead atoms. The Bertz CT molecular complexity index is 1540. The monoisotopic (exact) mass is 420 g/mol. The molecule has 5 aromatic rings. The Kier molecular flexibility index (Phi) is 3.70.